The number of ether oxygens (including phenoxy) is 2. The molecular formula is C21H36N2O7S2. The van der Waals surface area contributed by atoms with E-state index >= 15 is 0 Å². The number of ketones is 1. The molecular weight excluding hydrogens is 456 g/mol. The standard InChI is InChI=1S/C21H36N2O7S2/c24-19(11-22(13-20-3-1-7-29-20)17-5-9-31(25,26)15-17)12-23(14-21-4-2-8-30-21)18-6-10-32(27,28)16-18/h17-18,20-21H,1-16H2/t17-,18-,20+,21+/m1/s1. The molecule has 0 aromatic carbocycles. The maximum absolute atomic E-state index is 13.2. The van der Waals surface area contributed by atoms with Gasteiger partial charge in [0.25, 0.3) is 0 Å². The highest BCUT2D eigenvalue weighted by molar-refractivity contribution is 7.91. The predicted molar refractivity (Wildman–Crippen MR) is 120 cm³/mol. The second kappa shape index (κ2) is 10.4. The van der Waals surface area contributed by atoms with Crippen LogP contribution in [-0.4, -0.2) is 119 Å². The van der Waals surface area contributed by atoms with E-state index in [4.69, 9.17) is 9.47 Å². The maximum Gasteiger partial charge on any atom is 0.160 e. The molecule has 0 amide bonds. The van der Waals surface area contributed by atoms with Crippen LogP contribution in [0.15, 0.2) is 0 Å². The molecule has 0 spiro atoms. The van der Waals surface area contributed by atoms with Gasteiger partial charge in [-0.1, -0.05) is 0 Å². The first-order chi connectivity index (χ1) is 15.2. The molecule has 32 heavy (non-hydrogen) atoms. The monoisotopic (exact) mass is 492 g/mol. The Kier molecular flexibility index (Phi) is 7.94. The van der Waals surface area contributed by atoms with Gasteiger partial charge >= 0.3 is 0 Å². The van der Waals surface area contributed by atoms with Gasteiger partial charge in [0, 0.05) is 38.4 Å². The minimum Gasteiger partial charge on any atom is -0.377 e. The summed E-state index contributed by atoms with van der Waals surface area (Å²) in [6.07, 6.45) is 4.99. The molecule has 184 valence electrons. The summed E-state index contributed by atoms with van der Waals surface area (Å²) in [6, 6.07) is -0.321. The van der Waals surface area contributed by atoms with Crippen molar-refractivity contribution in [1.29, 1.82) is 0 Å². The van der Waals surface area contributed by atoms with Gasteiger partial charge in [-0.2, -0.15) is 0 Å². The molecule has 0 radical (unpaired) electrons. The zero-order valence-electron chi connectivity index (χ0n) is 18.7. The fourth-order valence-corrected chi connectivity index (χ4v) is 8.94. The van der Waals surface area contributed by atoms with Crippen molar-refractivity contribution >= 4 is 25.5 Å². The summed E-state index contributed by atoms with van der Waals surface area (Å²) in [6.45, 7) is 2.88. The number of rotatable bonds is 10. The Balaban J connectivity index is 1.41. The van der Waals surface area contributed by atoms with Crippen LogP contribution in [0.5, 0.6) is 0 Å². The van der Waals surface area contributed by atoms with E-state index in [9.17, 15) is 21.6 Å². The molecule has 4 heterocycles. The van der Waals surface area contributed by atoms with Crippen LogP contribution < -0.4 is 0 Å². The van der Waals surface area contributed by atoms with Crippen molar-refractivity contribution in [2.24, 2.45) is 0 Å². The van der Waals surface area contributed by atoms with Crippen molar-refractivity contribution in [3.05, 3.63) is 0 Å². The Bertz CT molecular complexity index is 795. The molecule has 4 fully saturated rings. The predicted octanol–water partition coefficient (Wildman–Crippen LogP) is -0.108. The molecule has 0 aromatic rings. The fourth-order valence-electron chi connectivity index (χ4n) is 5.41. The van der Waals surface area contributed by atoms with Gasteiger partial charge < -0.3 is 9.47 Å². The van der Waals surface area contributed by atoms with Crippen molar-refractivity contribution in [1.82, 2.24) is 9.80 Å². The van der Waals surface area contributed by atoms with E-state index in [-0.39, 0.29) is 66.2 Å². The Hall–Kier alpha value is -0.590. The van der Waals surface area contributed by atoms with E-state index in [1.54, 1.807) is 0 Å². The summed E-state index contributed by atoms with van der Waals surface area (Å²) >= 11 is 0. The molecule has 4 aliphatic rings. The Morgan fingerprint density at radius 2 is 1.16 bits per heavy atom. The quantitative estimate of drug-likeness (QED) is 0.412. The van der Waals surface area contributed by atoms with Gasteiger partial charge in [0.2, 0.25) is 0 Å². The zero-order chi connectivity index (χ0) is 22.8. The topological polar surface area (TPSA) is 110 Å². The minimum absolute atomic E-state index is 0.00501. The summed E-state index contributed by atoms with van der Waals surface area (Å²) in [4.78, 5) is 17.2. The SMILES string of the molecule is O=C(CN(C[C@@H]1CCCO1)[C@@H]1CCS(=O)(=O)C1)CN(C[C@@H]1CCCO1)[C@@H]1CCS(=O)(=O)C1. The van der Waals surface area contributed by atoms with Crippen LogP contribution in [0.1, 0.15) is 38.5 Å². The van der Waals surface area contributed by atoms with E-state index in [0.29, 0.717) is 39.1 Å². The van der Waals surface area contributed by atoms with Crippen LogP contribution in [0, 0.1) is 0 Å². The van der Waals surface area contributed by atoms with E-state index in [2.05, 4.69) is 0 Å². The van der Waals surface area contributed by atoms with Crippen LogP contribution in [0.25, 0.3) is 0 Å². The van der Waals surface area contributed by atoms with Crippen molar-refractivity contribution in [2.75, 3.05) is 62.4 Å². The number of Topliss-reactive ketones (excluding diaryl/α,β-unsaturated/α-hetero) is 1. The Morgan fingerprint density at radius 3 is 1.47 bits per heavy atom. The zero-order valence-corrected chi connectivity index (χ0v) is 20.3. The number of carbonyl (C=O) groups is 1. The first kappa shape index (κ1) is 24.5. The molecule has 0 saturated carbocycles. The van der Waals surface area contributed by atoms with Gasteiger partial charge in [-0.3, -0.25) is 14.6 Å². The number of hydrogen-bond acceptors (Lipinski definition) is 9. The summed E-state index contributed by atoms with van der Waals surface area (Å²) in [7, 11) is -6.12. The van der Waals surface area contributed by atoms with Crippen LogP contribution in [0.2, 0.25) is 0 Å². The molecule has 4 saturated heterocycles. The van der Waals surface area contributed by atoms with Crippen LogP contribution in [-0.2, 0) is 33.9 Å². The Labute approximate surface area is 191 Å². The lowest BCUT2D eigenvalue weighted by atomic mass is 10.1. The number of carbonyl (C=O) groups excluding carboxylic acids is 1. The lowest BCUT2D eigenvalue weighted by Gasteiger charge is -2.32. The smallest absolute Gasteiger partial charge is 0.160 e. The van der Waals surface area contributed by atoms with Crippen LogP contribution >= 0.6 is 0 Å². The van der Waals surface area contributed by atoms with Crippen molar-refractivity contribution in [2.45, 2.75) is 62.8 Å². The van der Waals surface area contributed by atoms with Crippen molar-refractivity contribution < 1.29 is 31.1 Å². The molecule has 0 bridgehead atoms. The third-order valence-corrected chi connectivity index (χ3v) is 10.6. The average Bonchev–Trinajstić information content (AvgIpc) is 3.49. The van der Waals surface area contributed by atoms with Gasteiger partial charge in [0.05, 0.1) is 48.3 Å². The molecule has 4 aliphatic heterocycles. The fraction of sp³-hybridized carbons (Fsp3) is 0.952. The normalized spacial score (nSPS) is 34.1. The third-order valence-electron chi connectivity index (χ3n) is 7.13. The second-order valence-electron chi connectivity index (χ2n) is 9.78. The van der Waals surface area contributed by atoms with Gasteiger partial charge in [0.1, 0.15) is 0 Å². The summed E-state index contributed by atoms with van der Waals surface area (Å²) < 4.78 is 59.7. The average molecular weight is 493 g/mol. The second-order valence-corrected chi connectivity index (χ2v) is 14.2. The lowest BCUT2D eigenvalue weighted by Crippen LogP contribution is -2.49. The third kappa shape index (κ3) is 6.73. The molecule has 0 aliphatic carbocycles. The van der Waals surface area contributed by atoms with Crippen molar-refractivity contribution in [3.8, 4) is 0 Å². The number of hydrogen-bond donors (Lipinski definition) is 0. The Morgan fingerprint density at radius 1 is 0.719 bits per heavy atom. The van der Waals surface area contributed by atoms with Gasteiger partial charge in [0.15, 0.2) is 25.5 Å². The first-order valence-electron chi connectivity index (χ1n) is 11.8. The van der Waals surface area contributed by atoms with Gasteiger partial charge in [-0.25, -0.2) is 16.8 Å². The van der Waals surface area contributed by atoms with E-state index in [1.165, 1.54) is 0 Å². The van der Waals surface area contributed by atoms with E-state index < -0.39 is 19.7 Å². The molecule has 11 heteroatoms. The van der Waals surface area contributed by atoms with E-state index in [1.807, 2.05) is 9.80 Å². The number of sulfone groups is 2. The summed E-state index contributed by atoms with van der Waals surface area (Å²) in [5, 5.41) is 0. The largest absolute Gasteiger partial charge is 0.377 e. The van der Waals surface area contributed by atoms with E-state index in [0.717, 1.165) is 25.7 Å². The summed E-state index contributed by atoms with van der Waals surface area (Å²) in [5.74, 6) is 0.508. The first-order valence-corrected chi connectivity index (χ1v) is 15.5. The van der Waals surface area contributed by atoms with Crippen LogP contribution in [0.4, 0.5) is 0 Å². The molecule has 0 N–H and O–H groups in total. The lowest BCUT2D eigenvalue weighted by molar-refractivity contribution is -0.123. The molecule has 9 nitrogen and oxygen atoms in total. The highest BCUT2D eigenvalue weighted by atomic mass is 32.2. The highest BCUT2D eigenvalue weighted by Crippen LogP contribution is 2.23. The molecule has 0 aromatic heterocycles. The highest BCUT2D eigenvalue weighted by Gasteiger charge is 2.37. The number of nitrogens with zero attached hydrogens (tertiary/aromatic N) is 2. The maximum atomic E-state index is 13.2. The van der Waals surface area contributed by atoms with Gasteiger partial charge in [-0.15, -0.1) is 0 Å². The van der Waals surface area contributed by atoms with Crippen LogP contribution in [0.3, 0.4) is 0 Å². The van der Waals surface area contributed by atoms with Gasteiger partial charge in [-0.05, 0) is 38.5 Å². The minimum atomic E-state index is -3.06. The summed E-state index contributed by atoms with van der Waals surface area (Å²) in [5.41, 5.74) is 0. The van der Waals surface area contributed by atoms with Crippen molar-refractivity contribution in [3.63, 3.8) is 0 Å². The molecule has 4 atom stereocenters. The molecule has 4 rings (SSSR count). The molecule has 0 unspecified atom stereocenters.